The van der Waals surface area contributed by atoms with Gasteiger partial charge in [0.05, 0.1) is 16.5 Å². The number of benzene rings is 1. The first-order chi connectivity index (χ1) is 7.83. The summed E-state index contributed by atoms with van der Waals surface area (Å²) in [5.41, 5.74) is 1.72. The van der Waals surface area contributed by atoms with Gasteiger partial charge < -0.3 is 5.32 Å². The second-order valence-corrected chi connectivity index (χ2v) is 4.28. The molecule has 4 heteroatoms. The fourth-order valence-electron chi connectivity index (χ4n) is 1.38. The van der Waals surface area contributed by atoms with E-state index in [0.717, 1.165) is 22.1 Å². The van der Waals surface area contributed by atoms with Gasteiger partial charge in [-0.1, -0.05) is 23.5 Å². The Morgan fingerprint density at radius 1 is 1.50 bits per heavy atom. The Morgan fingerprint density at radius 3 is 3.12 bits per heavy atom. The van der Waals surface area contributed by atoms with Crippen LogP contribution in [-0.2, 0) is 0 Å². The Bertz CT molecular complexity index is 525. The number of hydrogen-bond donors (Lipinski definition) is 1. The highest BCUT2D eigenvalue weighted by molar-refractivity contribution is 7.18. The summed E-state index contributed by atoms with van der Waals surface area (Å²) < 4.78 is 0. The quantitative estimate of drug-likeness (QED) is 0.879. The molecule has 1 heterocycles. The lowest BCUT2D eigenvalue weighted by atomic mass is 10.1. The normalized spacial score (nSPS) is 9.75. The van der Waals surface area contributed by atoms with Crippen molar-refractivity contribution in [2.24, 2.45) is 0 Å². The molecule has 3 nitrogen and oxygen atoms in total. The first-order valence-electron chi connectivity index (χ1n) is 5.03. The van der Waals surface area contributed by atoms with Gasteiger partial charge in [0.15, 0.2) is 5.13 Å². The summed E-state index contributed by atoms with van der Waals surface area (Å²) in [5, 5.41) is 12.9. The molecule has 1 N–H and O–H groups in total. The lowest BCUT2D eigenvalue weighted by Gasteiger charge is -1.96. The number of aromatic nitrogens is 1. The molecule has 0 amide bonds. The number of rotatable bonds is 3. The molecule has 80 valence electrons. The van der Waals surface area contributed by atoms with E-state index in [4.69, 9.17) is 5.26 Å². The van der Waals surface area contributed by atoms with Crippen molar-refractivity contribution in [1.82, 2.24) is 4.98 Å². The van der Waals surface area contributed by atoms with Crippen molar-refractivity contribution in [2.75, 3.05) is 11.9 Å². The predicted molar refractivity (Wildman–Crippen MR) is 66.4 cm³/mol. The number of nitriles is 1. The predicted octanol–water partition coefficient (Wildman–Crippen LogP) is 3.11. The second kappa shape index (κ2) is 4.77. The van der Waals surface area contributed by atoms with Gasteiger partial charge >= 0.3 is 0 Å². The molecule has 0 saturated carbocycles. The van der Waals surface area contributed by atoms with Crippen LogP contribution in [0.1, 0.15) is 12.5 Å². The topological polar surface area (TPSA) is 48.7 Å². The van der Waals surface area contributed by atoms with Crippen LogP contribution in [0.25, 0.3) is 10.4 Å². The third kappa shape index (κ3) is 2.20. The van der Waals surface area contributed by atoms with E-state index in [-0.39, 0.29) is 0 Å². The highest BCUT2D eigenvalue weighted by atomic mass is 32.1. The van der Waals surface area contributed by atoms with E-state index < -0.39 is 0 Å². The Labute approximate surface area is 98.4 Å². The molecule has 2 rings (SSSR count). The van der Waals surface area contributed by atoms with Crippen molar-refractivity contribution in [2.45, 2.75) is 6.92 Å². The molecule has 0 atom stereocenters. The molecule has 1 aromatic heterocycles. The van der Waals surface area contributed by atoms with Crippen LogP contribution in [0.5, 0.6) is 0 Å². The average Bonchev–Trinajstić information content (AvgIpc) is 2.78. The van der Waals surface area contributed by atoms with Gasteiger partial charge in [-0.2, -0.15) is 5.26 Å². The van der Waals surface area contributed by atoms with Gasteiger partial charge in [-0.15, -0.1) is 0 Å². The Kier molecular flexibility index (Phi) is 3.18. The zero-order valence-electron chi connectivity index (χ0n) is 8.90. The number of thiazole rings is 1. The molecule has 2 aromatic rings. The summed E-state index contributed by atoms with van der Waals surface area (Å²) in [6.07, 6.45) is 1.83. The van der Waals surface area contributed by atoms with Crippen LogP contribution in [0.15, 0.2) is 30.5 Å². The molecule has 0 bridgehead atoms. The van der Waals surface area contributed by atoms with E-state index in [9.17, 15) is 0 Å². The van der Waals surface area contributed by atoms with E-state index >= 15 is 0 Å². The van der Waals surface area contributed by atoms with Crippen molar-refractivity contribution in [3.8, 4) is 16.5 Å². The molecule has 0 aliphatic rings. The fraction of sp³-hybridized carbons (Fsp3) is 0.167. The Hall–Kier alpha value is -1.86. The van der Waals surface area contributed by atoms with E-state index in [0.29, 0.717) is 5.56 Å². The van der Waals surface area contributed by atoms with Crippen molar-refractivity contribution < 1.29 is 0 Å². The minimum Gasteiger partial charge on any atom is -0.362 e. The zero-order chi connectivity index (χ0) is 11.4. The van der Waals surface area contributed by atoms with Gasteiger partial charge in [-0.3, -0.25) is 0 Å². The summed E-state index contributed by atoms with van der Waals surface area (Å²) in [6.45, 7) is 2.91. The zero-order valence-corrected chi connectivity index (χ0v) is 9.71. The fourth-order valence-corrected chi connectivity index (χ4v) is 2.26. The smallest absolute Gasteiger partial charge is 0.183 e. The highest BCUT2D eigenvalue weighted by Crippen LogP contribution is 2.29. The molecule has 0 unspecified atom stereocenters. The van der Waals surface area contributed by atoms with Crippen LogP contribution in [0, 0.1) is 11.3 Å². The summed E-state index contributed by atoms with van der Waals surface area (Å²) in [5.74, 6) is 0. The van der Waals surface area contributed by atoms with E-state index in [1.54, 1.807) is 17.4 Å². The molecule has 0 spiro atoms. The molecular formula is C12H11N3S. The summed E-state index contributed by atoms with van der Waals surface area (Å²) in [4.78, 5) is 5.34. The van der Waals surface area contributed by atoms with Gasteiger partial charge in [-0.05, 0) is 24.6 Å². The van der Waals surface area contributed by atoms with Crippen LogP contribution >= 0.6 is 11.3 Å². The molecule has 1 aromatic carbocycles. The summed E-state index contributed by atoms with van der Waals surface area (Å²) in [7, 11) is 0. The van der Waals surface area contributed by atoms with Crippen molar-refractivity contribution in [3.05, 3.63) is 36.0 Å². The van der Waals surface area contributed by atoms with Gasteiger partial charge in [0.25, 0.3) is 0 Å². The number of anilines is 1. The van der Waals surface area contributed by atoms with Gasteiger partial charge in [0.1, 0.15) is 0 Å². The SMILES string of the molecule is CCNc1ncc(-c2cccc(C#N)c2)s1. The molecule has 0 aliphatic heterocycles. The molecule has 0 aliphatic carbocycles. The van der Waals surface area contributed by atoms with Crippen molar-refractivity contribution in [3.63, 3.8) is 0 Å². The minimum atomic E-state index is 0.677. The Balaban J connectivity index is 2.32. The van der Waals surface area contributed by atoms with Crippen LogP contribution in [0.3, 0.4) is 0 Å². The van der Waals surface area contributed by atoms with Crippen LogP contribution in [-0.4, -0.2) is 11.5 Å². The van der Waals surface area contributed by atoms with Gasteiger partial charge in [0.2, 0.25) is 0 Å². The highest BCUT2D eigenvalue weighted by Gasteiger charge is 2.04. The minimum absolute atomic E-state index is 0.677. The maximum Gasteiger partial charge on any atom is 0.183 e. The maximum atomic E-state index is 8.82. The van der Waals surface area contributed by atoms with Crippen LogP contribution in [0.2, 0.25) is 0 Å². The molecule has 0 saturated heterocycles. The largest absolute Gasteiger partial charge is 0.362 e. The van der Waals surface area contributed by atoms with Crippen molar-refractivity contribution >= 4 is 16.5 Å². The van der Waals surface area contributed by atoms with Gasteiger partial charge in [0, 0.05) is 12.7 Å². The van der Waals surface area contributed by atoms with E-state index in [2.05, 4.69) is 16.4 Å². The Morgan fingerprint density at radius 2 is 2.38 bits per heavy atom. The first kappa shape index (κ1) is 10.7. The second-order valence-electron chi connectivity index (χ2n) is 3.25. The average molecular weight is 229 g/mol. The third-order valence-corrected chi connectivity index (χ3v) is 3.11. The number of nitrogens with zero attached hydrogens (tertiary/aromatic N) is 2. The molecule has 16 heavy (non-hydrogen) atoms. The maximum absolute atomic E-state index is 8.82. The van der Waals surface area contributed by atoms with Crippen LogP contribution in [0.4, 0.5) is 5.13 Å². The lowest BCUT2D eigenvalue weighted by molar-refractivity contribution is 1.19. The van der Waals surface area contributed by atoms with Crippen molar-refractivity contribution in [1.29, 1.82) is 5.26 Å². The van der Waals surface area contributed by atoms with Crippen LogP contribution < -0.4 is 5.32 Å². The molecule has 0 fully saturated rings. The number of hydrogen-bond acceptors (Lipinski definition) is 4. The summed E-state index contributed by atoms with van der Waals surface area (Å²) in [6, 6.07) is 9.70. The van der Waals surface area contributed by atoms with Gasteiger partial charge in [-0.25, -0.2) is 4.98 Å². The summed E-state index contributed by atoms with van der Waals surface area (Å²) >= 11 is 1.60. The monoisotopic (exact) mass is 229 g/mol. The van der Waals surface area contributed by atoms with E-state index in [1.807, 2.05) is 31.3 Å². The first-order valence-corrected chi connectivity index (χ1v) is 5.85. The standard InChI is InChI=1S/C12H11N3S/c1-2-14-12-15-8-11(16-12)10-5-3-4-9(6-10)7-13/h3-6,8H,2H2,1H3,(H,14,15). The molecule has 0 radical (unpaired) electrons. The third-order valence-electron chi connectivity index (χ3n) is 2.11. The number of nitrogens with one attached hydrogen (secondary N) is 1. The molecular weight excluding hydrogens is 218 g/mol. The lowest BCUT2D eigenvalue weighted by Crippen LogP contribution is -1.94. The van der Waals surface area contributed by atoms with E-state index in [1.165, 1.54) is 0 Å².